The second-order valence-electron chi connectivity index (χ2n) is 5.83. The molecule has 1 aromatic carbocycles. The van der Waals surface area contributed by atoms with Crippen LogP contribution in [0.4, 0.5) is 13.2 Å². The van der Waals surface area contributed by atoms with E-state index in [2.05, 4.69) is 32.2 Å². The number of likely N-dealkylation sites (N-methyl/N-ethyl adjacent to an activating group) is 1. The first kappa shape index (κ1) is 19.4. The Balaban J connectivity index is 1.92. The monoisotopic (exact) mass is 358 g/mol. The Morgan fingerprint density at radius 1 is 1.40 bits per heavy atom. The molecule has 0 amide bonds. The van der Waals surface area contributed by atoms with E-state index in [0.29, 0.717) is 12.0 Å². The molecule has 2 rings (SSSR count). The van der Waals surface area contributed by atoms with Crippen molar-refractivity contribution in [2.24, 2.45) is 4.99 Å². The minimum absolute atomic E-state index is 0.00341. The van der Waals surface area contributed by atoms with Crippen molar-refractivity contribution in [3.8, 4) is 5.75 Å². The van der Waals surface area contributed by atoms with Gasteiger partial charge in [-0.05, 0) is 38.1 Å². The van der Waals surface area contributed by atoms with Gasteiger partial charge < -0.3 is 15.4 Å². The van der Waals surface area contributed by atoms with Crippen molar-refractivity contribution in [3.05, 3.63) is 29.6 Å². The van der Waals surface area contributed by atoms with Gasteiger partial charge >= 0.3 is 6.61 Å². The molecule has 140 valence electrons. The largest absolute Gasteiger partial charge is 0.434 e. The summed E-state index contributed by atoms with van der Waals surface area (Å²) in [6.07, 6.45) is 2.30. The van der Waals surface area contributed by atoms with Gasteiger partial charge in [-0.1, -0.05) is 13.0 Å². The zero-order chi connectivity index (χ0) is 18.2. The molecule has 25 heavy (non-hydrogen) atoms. The van der Waals surface area contributed by atoms with Crippen molar-refractivity contribution in [1.82, 2.24) is 15.5 Å². The Hall–Kier alpha value is -1.96. The van der Waals surface area contributed by atoms with Crippen molar-refractivity contribution >= 4 is 5.96 Å². The molecular formula is C17H25F3N4O. The summed E-state index contributed by atoms with van der Waals surface area (Å²) >= 11 is 0. The quantitative estimate of drug-likeness (QED) is 0.581. The first-order valence-corrected chi connectivity index (χ1v) is 8.45. The lowest BCUT2D eigenvalue weighted by molar-refractivity contribution is -0.0506. The number of guanidine groups is 1. The summed E-state index contributed by atoms with van der Waals surface area (Å²) in [5.41, 5.74) is 0.0433. The van der Waals surface area contributed by atoms with Gasteiger partial charge in [0.05, 0.1) is 0 Å². The molecule has 8 heteroatoms. The molecule has 1 aliphatic heterocycles. The molecule has 1 fully saturated rings. The summed E-state index contributed by atoms with van der Waals surface area (Å²) < 4.78 is 43.2. The highest BCUT2D eigenvalue weighted by atomic mass is 19.3. The zero-order valence-electron chi connectivity index (χ0n) is 14.6. The summed E-state index contributed by atoms with van der Waals surface area (Å²) in [4.78, 5) is 6.49. The lowest BCUT2D eigenvalue weighted by Gasteiger charge is -2.24. The number of halogens is 3. The van der Waals surface area contributed by atoms with E-state index in [0.717, 1.165) is 26.1 Å². The van der Waals surface area contributed by atoms with Gasteiger partial charge in [0.25, 0.3) is 0 Å². The maximum Gasteiger partial charge on any atom is 0.387 e. The lowest BCUT2D eigenvalue weighted by Crippen LogP contribution is -2.44. The standard InChI is InChI=1S/C17H25F3N4O/c1-3-24-9-5-6-12(24)10-22-17(21-2)23-11-13-14(18)7-4-8-15(13)25-16(19)20/h4,7-8,12,16H,3,5-6,9-11H2,1-2H3,(H2,21,22,23). The van der Waals surface area contributed by atoms with E-state index >= 15 is 0 Å². The van der Waals surface area contributed by atoms with Crippen LogP contribution in [-0.2, 0) is 6.54 Å². The van der Waals surface area contributed by atoms with Gasteiger partial charge in [-0.3, -0.25) is 9.89 Å². The van der Waals surface area contributed by atoms with E-state index in [1.54, 1.807) is 7.05 Å². The molecule has 1 heterocycles. The van der Waals surface area contributed by atoms with E-state index in [-0.39, 0.29) is 17.9 Å². The minimum Gasteiger partial charge on any atom is -0.434 e. The molecular weight excluding hydrogens is 333 g/mol. The van der Waals surface area contributed by atoms with Crippen LogP contribution in [0.2, 0.25) is 0 Å². The van der Waals surface area contributed by atoms with Gasteiger partial charge in [0.15, 0.2) is 5.96 Å². The molecule has 5 nitrogen and oxygen atoms in total. The Labute approximate surface area is 146 Å². The predicted molar refractivity (Wildman–Crippen MR) is 91.5 cm³/mol. The third kappa shape index (κ3) is 5.52. The van der Waals surface area contributed by atoms with Crippen LogP contribution in [0.1, 0.15) is 25.3 Å². The molecule has 2 N–H and O–H groups in total. The Kier molecular flexibility index (Phi) is 7.36. The molecule has 0 radical (unpaired) electrons. The maximum absolute atomic E-state index is 14.0. The fourth-order valence-electron chi connectivity index (χ4n) is 3.07. The molecule has 1 unspecified atom stereocenters. The molecule has 1 saturated heterocycles. The molecule has 0 saturated carbocycles. The highest BCUT2D eigenvalue weighted by Crippen LogP contribution is 2.23. The van der Waals surface area contributed by atoms with Gasteiger partial charge in [0.1, 0.15) is 11.6 Å². The van der Waals surface area contributed by atoms with Crippen molar-refractivity contribution in [1.29, 1.82) is 0 Å². The van der Waals surface area contributed by atoms with E-state index in [1.807, 2.05) is 0 Å². The van der Waals surface area contributed by atoms with Crippen LogP contribution in [0, 0.1) is 5.82 Å². The summed E-state index contributed by atoms with van der Waals surface area (Å²) in [6, 6.07) is 4.31. The van der Waals surface area contributed by atoms with E-state index in [9.17, 15) is 13.2 Å². The topological polar surface area (TPSA) is 48.9 Å². The predicted octanol–water partition coefficient (Wildman–Crippen LogP) is 2.58. The normalized spacial score (nSPS) is 18.6. The minimum atomic E-state index is -3.00. The van der Waals surface area contributed by atoms with Crippen LogP contribution >= 0.6 is 0 Å². The van der Waals surface area contributed by atoms with Crippen LogP contribution in [0.15, 0.2) is 23.2 Å². The SMILES string of the molecule is CCN1CCCC1CNC(=NC)NCc1c(F)cccc1OC(F)F. The number of aliphatic imine (C=N–C) groups is 1. The Bertz CT molecular complexity index is 583. The maximum atomic E-state index is 14.0. The molecule has 1 atom stereocenters. The Morgan fingerprint density at radius 3 is 2.88 bits per heavy atom. The molecule has 0 aliphatic carbocycles. The highest BCUT2D eigenvalue weighted by molar-refractivity contribution is 5.79. The van der Waals surface area contributed by atoms with Crippen LogP contribution in [0.25, 0.3) is 0 Å². The van der Waals surface area contributed by atoms with Crippen molar-refractivity contribution < 1.29 is 17.9 Å². The van der Waals surface area contributed by atoms with Gasteiger partial charge in [0.2, 0.25) is 0 Å². The van der Waals surface area contributed by atoms with Crippen molar-refractivity contribution in [2.75, 3.05) is 26.7 Å². The zero-order valence-corrected chi connectivity index (χ0v) is 14.6. The highest BCUT2D eigenvalue weighted by Gasteiger charge is 2.23. The number of nitrogens with one attached hydrogen (secondary N) is 2. The van der Waals surface area contributed by atoms with Crippen molar-refractivity contribution in [3.63, 3.8) is 0 Å². The van der Waals surface area contributed by atoms with Crippen LogP contribution in [0.5, 0.6) is 5.75 Å². The molecule has 1 aromatic rings. The summed E-state index contributed by atoms with van der Waals surface area (Å²) in [5.74, 6) is -0.283. The second kappa shape index (κ2) is 9.50. The first-order valence-electron chi connectivity index (χ1n) is 8.45. The fourth-order valence-corrected chi connectivity index (χ4v) is 3.07. The number of benzene rings is 1. The molecule has 1 aliphatic rings. The van der Waals surface area contributed by atoms with Gasteiger partial charge in [-0.25, -0.2) is 4.39 Å². The molecule has 0 spiro atoms. The van der Waals surface area contributed by atoms with E-state index < -0.39 is 12.4 Å². The number of ether oxygens (including phenoxy) is 1. The van der Waals surface area contributed by atoms with E-state index in [4.69, 9.17) is 0 Å². The third-order valence-electron chi connectivity index (χ3n) is 4.36. The third-order valence-corrected chi connectivity index (χ3v) is 4.36. The first-order chi connectivity index (χ1) is 12.0. The number of alkyl halides is 2. The number of nitrogens with zero attached hydrogens (tertiary/aromatic N) is 2. The molecule has 0 aromatic heterocycles. The smallest absolute Gasteiger partial charge is 0.387 e. The Morgan fingerprint density at radius 2 is 2.20 bits per heavy atom. The van der Waals surface area contributed by atoms with Crippen molar-refractivity contribution in [2.45, 2.75) is 39.0 Å². The van der Waals surface area contributed by atoms with E-state index in [1.165, 1.54) is 24.6 Å². The number of rotatable bonds is 7. The molecule has 0 bridgehead atoms. The van der Waals surface area contributed by atoms with Gasteiger partial charge in [-0.2, -0.15) is 8.78 Å². The van der Waals surface area contributed by atoms with Crippen LogP contribution in [-0.4, -0.2) is 50.2 Å². The number of hydrogen-bond donors (Lipinski definition) is 2. The van der Waals surface area contributed by atoms with Gasteiger partial charge in [0, 0.05) is 31.7 Å². The summed E-state index contributed by atoms with van der Waals surface area (Å²) in [7, 11) is 1.61. The van der Waals surface area contributed by atoms with Crippen LogP contribution < -0.4 is 15.4 Å². The number of hydrogen-bond acceptors (Lipinski definition) is 3. The van der Waals surface area contributed by atoms with Crippen LogP contribution in [0.3, 0.4) is 0 Å². The average Bonchev–Trinajstić information content (AvgIpc) is 3.04. The summed E-state index contributed by atoms with van der Waals surface area (Å²) in [6.45, 7) is 1.95. The average molecular weight is 358 g/mol. The summed E-state index contributed by atoms with van der Waals surface area (Å²) in [5, 5.41) is 6.16. The number of likely N-dealkylation sites (tertiary alicyclic amines) is 1. The van der Waals surface area contributed by atoms with Gasteiger partial charge in [-0.15, -0.1) is 0 Å². The lowest BCUT2D eigenvalue weighted by atomic mass is 10.2. The second-order valence-corrected chi connectivity index (χ2v) is 5.83. The fraction of sp³-hybridized carbons (Fsp3) is 0.588.